The molecule has 3 aromatic carbocycles. The summed E-state index contributed by atoms with van der Waals surface area (Å²) in [6.07, 6.45) is 1.86. The van der Waals surface area contributed by atoms with Gasteiger partial charge in [-0.25, -0.2) is 0 Å². The van der Waals surface area contributed by atoms with Crippen molar-refractivity contribution in [2.45, 2.75) is 5.92 Å². The van der Waals surface area contributed by atoms with E-state index in [1.165, 1.54) is 0 Å². The summed E-state index contributed by atoms with van der Waals surface area (Å²) in [5.41, 5.74) is 4.77. The Hall–Kier alpha value is -3.13. The number of hydrogen-bond acceptors (Lipinski definition) is 2. The van der Waals surface area contributed by atoms with Gasteiger partial charge in [-0.2, -0.15) is 0 Å². The van der Waals surface area contributed by atoms with Crippen molar-refractivity contribution in [2.75, 3.05) is 5.32 Å². The maximum absolute atomic E-state index is 12.9. The van der Waals surface area contributed by atoms with Crippen LogP contribution in [0.1, 0.15) is 27.4 Å². The molecule has 1 aliphatic rings. The second-order valence-electron chi connectivity index (χ2n) is 5.87. The lowest BCUT2D eigenvalue weighted by molar-refractivity contribution is 0.103. The summed E-state index contributed by atoms with van der Waals surface area (Å²) in [7, 11) is 0. The minimum absolute atomic E-state index is 0.0221. The molecule has 2 heteroatoms. The summed E-state index contributed by atoms with van der Waals surface area (Å²) in [6, 6.07) is 28.0. The summed E-state index contributed by atoms with van der Waals surface area (Å²) in [5.74, 6) is 0.0778. The zero-order valence-corrected chi connectivity index (χ0v) is 13.1. The van der Waals surface area contributed by atoms with E-state index in [1.54, 1.807) is 0 Å². The molecule has 0 aromatic heterocycles. The molecule has 0 amide bonds. The third-order valence-electron chi connectivity index (χ3n) is 4.39. The van der Waals surface area contributed by atoms with Crippen LogP contribution in [0.2, 0.25) is 0 Å². The van der Waals surface area contributed by atoms with Crippen LogP contribution in [0.25, 0.3) is 0 Å². The molecule has 3 aromatic rings. The molecular formula is C22H17NO. The van der Waals surface area contributed by atoms with Gasteiger partial charge in [0.1, 0.15) is 0 Å². The van der Waals surface area contributed by atoms with E-state index in [1.807, 2.05) is 79.0 Å². The van der Waals surface area contributed by atoms with E-state index in [-0.39, 0.29) is 11.7 Å². The van der Waals surface area contributed by atoms with Gasteiger partial charge >= 0.3 is 0 Å². The fourth-order valence-electron chi connectivity index (χ4n) is 3.26. The second kappa shape index (κ2) is 6.17. The Morgan fingerprint density at radius 2 is 1.38 bits per heavy atom. The first kappa shape index (κ1) is 14.5. The van der Waals surface area contributed by atoms with Crippen LogP contribution < -0.4 is 5.32 Å². The van der Waals surface area contributed by atoms with Crippen LogP contribution in [0, 0.1) is 0 Å². The van der Waals surface area contributed by atoms with Crippen molar-refractivity contribution in [2.24, 2.45) is 0 Å². The molecule has 0 saturated carbocycles. The number of rotatable bonds is 3. The predicted octanol–water partition coefficient (Wildman–Crippen LogP) is 5.01. The summed E-state index contributed by atoms with van der Waals surface area (Å²) in [5, 5.41) is 3.27. The first-order chi connectivity index (χ1) is 11.8. The van der Waals surface area contributed by atoms with E-state index in [0.717, 1.165) is 28.0 Å². The molecule has 1 aliphatic carbocycles. The Kier molecular flexibility index (Phi) is 3.72. The molecule has 2 nitrogen and oxygen atoms in total. The van der Waals surface area contributed by atoms with E-state index in [2.05, 4.69) is 17.4 Å². The number of anilines is 1. The second-order valence-corrected chi connectivity index (χ2v) is 5.87. The van der Waals surface area contributed by atoms with Crippen LogP contribution in [0.4, 0.5) is 5.69 Å². The van der Waals surface area contributed by atoms with Gasteiger partial charge in [-0.15, -0.1) is 0 Å². The number of ketones is 1. The highest BCUT2D eigenvalue weighted by Crippen LogP contribution is 2.41. The Labute approximate surface area is 141 Å². The maximum Gasteiger partial charge on any atom is 0.191 e. The van der Waals surface area contributed by atoms with E-state index in [4.69, 9.17) is 0 Å². The van der Waals surface area contributed by atoms with Gasteiger partial charge in [0.2, 0.25) is 0 Å². The van der Waals surface area contributed by atoms with Gasteiger partial charge in [0.15, 0.2) is 5.78 Å². The molecule has 24 heavy (non-hydrogen) atoms. The minimum Gasteiger partial charge on any atom is -0.361 e. The number of fused-ring (bicyclic) bond motifs is 1. The largest absolute Gasteiger partial charge is 0.361 e. The predicted molar refractivity (Wildman–Crippen MR) is 97.2 cm³/mol. The van der Waals surface area contributed by atoms with E-state index in [0.29, 0.717) is 0 Å². The lowest BCUT2D eigenvalue weighted by Gasteiger charge is -2.14. The number of carbonyl (C=O) groups is 1. The molecule has 0 fully saturated rings. The maximum atomic E-state index is 12.9. The third-order valence-corrected chi connectivity index (χ3v) is 4.39. The van der Waals surface area contributed by atoms with Crippen LogP contribution in [0.15, 0.2) is 96.7 Å². The monoisotopic (exact) mass is 311 g/mol. The van der Waals surface area contributed by atoms with E-state index in [9.17, 15) is 4.79 Å². The molecule has 0 heterocycles. The van der Waals surface area contributed by atoms with Crippen LogP contribution in [0.5, 0.6) is 0 Å². The fraction of sp³-hybridized carbons (Fsp3) is 0.0455. The molecule has 0 aliphatic heterocycles. The molecule has 1 N–H and O–H groups in total. The quantitative estimate of drug-likeness (QED) is 0.689. The van der Waals surface area contributed by atoms with Crippen molar-refractivity contribution in [1.82, 2.24) is 0 Å². The Morgan fingerprint density at radius 1 is 0.750 bits per heavy atom. The average molecular weight is 311 g/mol. The molecule has 1 atom stereocenters. The van der Waals surface area contributed by atoms with Gasteiger partial charge < -0.3 is 5.32 Å². The van der Waals surface area contributed by atoms with Crippen molar-refractivity contribution in [3.63, 3.8) is 0 Å². The SMILES string of the molecule is O=C1/C(=C\Nc2ccccc2)[C@@H](c2ccccc2)c2ccccc21. The smallest absolute Gasteiger partial charge is 0.191 e. The first-order valence-electron chi connectivity index (χ1n) is 8.05. The van der Waals surface area contributed by atoms with Gasteiger partial charge in [-0.3, -0.25) is 4.79 Å². The van der Waals surface area contributed by atoms with Crippen molar-refractivity contribution < 1.29 is 4.79 Å². The van der Waals surface area contributed by atoms with Crippen molar-refractivity contribution in [1.29, 1.82) is 0 Å². The molecular weight excluding hydrogens is 294 g/mol. The van der Waals surface area contributed by atoms with Crippen molar-refractivity contribution in [3.05, 3.63) is 113 Å². The highest BCUT2D eigenvalue weighted by Gasteiger charge is 2.35. The number of para-hydroxylation sites is 1. The number of Topliss-reactive ketones (excluding diaryl/α,β-unsaturated/α-hetero) is 1. The molecule has 116 valence electrons. The Balaban J connectivity index is 1.78. The number of hydrogen-bond donors (Lipinski definition) is 1. The van der Waals surface area contributed by atoms with Crippen molar-refractivity contribution in [3.8, 4) is 0 Å². The van der Waals surface area contributed by atoms with Gasteiger partial charge in [0.05, 0.1) is 0 Å². The molecule has 0 spiro atoms. The first-order valence-corrected chi connectivity index (χ1v) is 8.05. The highest BCUT2D eigenvalue weighted by atomic mass is 16.1. The molecule has 0 unspecified atom stereocenters. The average Bonchev–Trinajstić information content (AvgIpc) is 2.94. The molecule has 0 saturated heterocycles. The molecule has 4 rings (SSSR count). The summed E-state index contributed by atoms with van der Waals surface area (Å²) >= 11 is 0. The minimum atomic E-state index is -0.0221. The Morgan fingerprint density at radius 3 is 2.12 bits per heavy atom. The number of nitrogens with one attached hydrogen (secondary N) is 1. The normalized spacial score (nSPS) is 17.8. The molecule has 0 bridgehead atoms. The third kappa shape index (κ3) is 2.52. The topological polar surface area (TPSA) is 29.1 Å². The van der Waals surface area contributed by atoms with Crippen LogP contribution in [-0.2, 0) is 0 Å². The van der Waals surface area contributed by atoms with Crippen LogP contribution in [-0.4, -0.2) is 5.78 Å². The van der Waals surface area contributed by atoms with Crippen molar-refractivity contribution >= 4 is 11.5 Å². The number of benzene rings is 3. The van der Waals surface area contributed by atoms with Crippen LogP contribution >= 0.6 is 0 Å². The Bertz CT molecular complexity index is 898. The number of carbonyl (C=O) groups excluding carboxylic acids is 1. The summed E-state index contributed by atoms with van der Waals surface area (Å²) < 4.78 is 0. The fourth-order valence-corrected chi connectivity index (χ4v) is 3.26. The van der Waals surface area contributed by atoms with Gasteiger partial charge in [0.25, 0.3) is 0 Å². The zero-order chi connectivity index (χ0) is 16.4. The zero-order valence-electron chi connectivity index (χ0n) is 13.1. The standard InChI is InChI=1S/C22H17NO/c24-22-19-14-8-7-13-18(19)21(16-9-3-1-4-10-16)20(22)15-23-17-11-5-2-6-12-17/h1-15,21,23H/b20-15-/t21-/m0/s1. The highest BCUT2D eigenvalue weighted by molar-refractivity contribution is 6.15. The van der Waals surface area contributed by atoms with E-state index >= 15 is 0 Å². The van der Waals surface area contributed by atoms with E-state index < -0.39 is 0 Å². The van der Waals surface area contributed by atoms with Gasteiger partial charge in [-0.05, 0) is 23.3 Å². The lowest BCUT2D eigenvalue weighted by atomic mass is 9.90. The summed E-state index contributed by atoms with van der Waals surface area (Å²) in [6.45, 7) is 0. The number of allylic oxidation sites excluding steroid dienone is 1. The van der Waals surface area contributed by atoms with Gasteiger partial charge in [0, 0.05) is 28.9 Å². The van der Waals surface area contributed by atoms with Crippen LogP contribution in [0.3, 0.4) is 0 Å². The molecule has 0 radical (unpaired) electrons. The summed E-state index contributed by atoms with van der Waals surface area (Å²) in [4.78, 5) is 12.9. The van der Waals surface area contributed by atoms with Gasteiger partial charge in [-0.1, -0.05) is 72.8 Å². The lowest BCUT2D eigenvalue weighted by Crippen LogP contribution is -2.05.